The van der Waals surface area contributed by atoms with Gasteiger partial charge in [-0.3, -0.25) is 9.59 Å². The third-order valence-corrected chi connectivity index (χ3v) is 5.83. The first-order valence-corrected chi connectivity index (χ1v) is 10.5. The molecule has 6 heteroatoms. The van der Waals surface area contributed by atoms with E-state index in [1.165, 1.54) is 5.56 Å². The van der Waals surface area contributed by atoms with Crippen molar-refractivity contribution in [3.05, 3.63) is 86.2 Å². The maximum atomic E-state index is 12.4. The average molecular weight is 422 g/mol. The molecule has 0 heterocycles. The molecule has 0 saturated heterocycles. The molecule has 0 saturated carbocycles. The summed E-state index contributed by atoms with van der Waals surface area (Å²) in [6, 6.07) is 17.4. The summed E-state index contributed by atoms with van der Waals surface area (Å²) in [6.07, 6.45) is 1.58. The molecule has 0 spiro atoms. The number of phenolic OH excluding ortho intramolecular Hbond substituents is 1. The maximum Gasteiger partial charge on any atom is 0.253 e. The van der Waals surface area contributed by atoms with Gasteiger partial charge in [-0.15, -0.1) is 0 Å². The number of likely N-dealkylation sites (N-methyl/N-ethyl adjacent to an activating group) is 3. The van der Waals surface area contributed by atoms with Crippen LogP contribution in [0.3, 0.4) is 0 Å². The van der Waals surface area contributed by atoms with Gasteiger partial charge in [0.2, 0.25) is 0 Å². The molecule has 1 unspecified atom stereocenters. The second-order valence-corrected chi connectivity index (χ2v) is 8.38. The highest BCUT2D eigenvalue weighted by molar-refractivity contribution is 5.76. The highest BCUT2D eigenvalue weighted by Gasteiger charge is 2.28. The molecule has 0 fully saturated rings. The topological polar surface area (TPSA) is 64.1 Å². The van der Waals surface area contributed by atoms with Gasteiger partial charge < -0.3 is 19.8 Å². The SMILES string of the molecule is CN(CCc1ccccc1)c1c(N(C)CC(Cc2ccc(O)cc2)N(C)C)c(=O)c1=O. The Morgan fingerprint density at radius 3 is 1.94 bits per heavy atom. The number of phenols is 1. The van der Waals surface area contributed by atoms with Crippen molar-refractivity contribution < 1.29 is 5.11 Å². The molecule has 0 radical (unpaired) electrons. The lowest BCUT2D eigenvalue weighted by molar-refractivity contribution is 0.295. The number of anilines is 2. The zero-order valence-electron chi connectivity index (χ0n) is 18.7. The Morgan fingerprint density at radius 2 is 1.35 bits per heavy atom. The van der Waals surface area contributed by atoms with E-state index in [0.29, 0.717) is 24.5 Å². The van der Waals surface area contributed by atoms with Crippen molar-refractivity contribution in [1.29, 1.82) is 0 Å². The number of benzene rings is 2. The van der Waals surface area contributed by atoms with Crippen molar-refractivity contribution in [1.82, 2.24) is 4.90 Å². The molecule has 3 aromatic rings. The molecule has 3 rings (SSSR count). The lowest BCUT2D eigenvalue weighted by Gasteiger charge is -2.33. The van der Waals surface area contributed by atoms with Crippen LogP contribution in [-0.2, 0) is 12.8 Å². The molecule has 6 nitrogen and oxygen atoms in total. The van der Waals surface area contributed by atoms with Crippen molar-refractivity contribution in [2.24, 2.45) is 0 Å². The summed E-state index contributed by atoms with van der Waals surface area (Å²) in [7, 11) is 7.76. The van der Waals surface area contributed by atoms with Crippen LogP contribution in [0.4, 0.5) is 11.4 Å². The first-order chi connectivity index (χ1) is 14.8. The van der Waals surface area contributed by atoms with Crippen LogP contribution in [0.25, 0.3) is 0 Å². The average Bonchev–Trinajstić information content (AvgIpc) is 2.76. The van der Waals surface area contributed by atoms with E-state index in [-0.39, 0.29) is 11.8 Å². The predicted octanol–water partition coefficient (Wildman–Crippen LogP) is 2.28. The van der Waals surface area contributed by atoms with Crippen LogP contribution >= 0.6 is 0 Å². The summed E-state index contributed by atoms with van der Waals surface area (Å²) in [4.78, 5) is 30.7. The van der Waals surface area contributed by atoms with Gasteiger partial charge in [-0.2, -0.15) is 0 Å². The minimum Gasteiger partial charge on any atom is -0.508 e. The number of hydrogen-bond donors (Lipinski definition) is 1. The van der Waals surface area contributed by atoms with Crippen LogP contribution in [0.2, 0.25) is 0 Å². The Balaban J connectivity index is 1.71. The highest BCUT2D eigenvalue weighted by atomic mass is 16.3. The van der Waals surface area contributed by atoms with E-state index in [1.807, 2.05) is 68.3 Å². The summed E-state index contributed by atoms with van der Waals surface area (Å²) >= 11 is 0. The fourth-order valence-corrected chi connectivity index (χ4v) is 3.85. The largest absolute Gasteiger partial charge is 0.508 e. The normalized spacial score (nSPS) is 12.3. The first-order valence-electron chi connectivity index (χ1n) is 10.5. The Hall–Kier alpha value is -3.12. The maximum absolute atomic E-state index is 12.4. The predicted molar refractivity (Wildman–Crippen MR) is 127 cm³/mol. The lowest BCUT2D eigenvalue weighted by Crippen LogP contribution is -2.48. The molecule has 0 aromatic heterocycles. The number of hydrogen-bond acceptors (Lipinski definition) is 6. The molecule has 3 aromatic carbocycles. The van der Waals surface area contributed by atoms with Gasteiger partial charge in [0.15, 0.2) is 0 Å². The smallest absolute Gasteiger partial charge is 0.253 e. The van der Waals surface area contributed by atoms with Crippen molar-refractivity contribution in [2.45, 2.75) is 18.9 Å². The summed E-state index contributed by atoms with van der Waals surface area (Å²) in [5.41, 5.74) is 2.49. The molecular weight excluding hydrogens is 390 g/mol. The second kappa shape index (κ2) is 9.79. The fourth-order valence-electron chi connectivity index (χ4n) is 3.85. The van der Waals surface area contributed by atoms with Gasteiger partial charge in [-0.25, -0.2) is 0 Å². The molecule has 0 bridgehead atoms. The van der Waals surface area contributed by atoms with Crippen LogP contribution in [-0.4, -0.2) is 57.3 Å². The van der Waals surface area contributed by atoms with Crippen LogP contribution in [0.1, 0.15) is 11.1 Å². The standard InChI is InChI=1S/C25H31N3O3/c1-26(2)20(16-19-10-12-21(29)13-11-19)17-28(4)23-22(24(30)25(23)31)27(3)15-14-18-8-6-5-7-9-18/h5-13,20,29H,14-17H2,1-4H3. The van der Waals surface area contributed by atoms with Gasteiger partial charge in [-0.1, -0.05) is 42.5 Å². The van der Waals surface area contributed by atoms with Gasteiger partial charge in [0.25, 0.3) is 10.9 Å². The summed E-state index contributed by atoms with van der Waals surface area (Å²) in [5.74, 6) is 0.245. The van der Waals surface area contributed by atoms with Gasteiger partial charge in [0.05, 0.1) is 0 Å². The van der Waals surface area contributed by atoms with Crippen molar-refractivity contribution in [3.63, 3.8) is 0 Å². The summed E-state index contributed by atoms with van der Waals surface area (Å²) < 4.78 is 0. The molecule has 1 atom stereocenters. The third kappa shape index (κ3) is 5.33. The molecule has 164 valence electrons. The van der Waals surface area contributed by atoms with E-state index in [0.717, 1.165) is 18.4 Å². The van der Waals surface area contributed by atoms with E-state index >= 15 is 0 Å². The van der Waals surface area contributed by atoms with E-state index in [2.05, 4.69) is 17.0 Å². The molecular formula is C25H31N3O3. The Labute approximate surface area is 183 Å². The summed E-state index contributed by atoms with van der Waals surface area (Å²) in [6.45, 7) is 1.28. The number of nitrogens with zero attached hydrogens (tertiary/aromatic N) is 3. The molecule has 1 N–H and O–H groups in total. The quantitative estimate of drug-likeness (QED) is 0.507. The van der Waals surface area contributed by atoms with Crippen LogP contribution in [0.15, 0.2) is 64.2 Å². The molecule has 0 aliphatic heterocycles. The van der Waals surface area contributed by atoms with E-state index in [1.54, 1.807) is 12.1 Å². The van der Waals surface area contributed by atoms with E-state index in [9.17, 15) is 14.7 Å². The van der Waals surface area contributed by atoms with Crippen molar-refractivity contribution in [2.75, 3.05) is 51.1 Å². The van der Waals surface area contributed by atoms with Crippen LogP contribution in [0.5, 0.6) is 5.75 Å². The van der Waals surface area contributed by atoms with Crippen molar-refractivity contribution in [3.8, 4) is 5.75 Å². The van der Waals surface area contributed by atoms with Gasteiger partial charge in [0.1, 0.15) is 17.1 Å². The van der Waals surface area contributed by atoms with Gasteiger partial charge >= 0.3 is 0 Å². The zero-order chi connectivity index (χ0) is 22.5. The Bertz CT molecular complexity index is 1050. The second-order valence-electron chi connectivity index (χ2n) is 8.38. The van der Waals surface area contributed by atoms with E-state index < -0.39 is 10.9 Å². The highest BCUT2D eigenvalue weighted by Crippen LogP contribution is 2.24. The van der Waals surface area contributed by atoms with Crippen molar-refractivity contribution >= 4 is 11.4 Å². The molecule has 0 amide bonds. The van der Waals surface area contributed by atoms with Crippen LogP contribution in [0, 0.1) is 0 Å². The number of aromatic hydroxyl groups is 1. The Kier molecular flexibility index (Phi) is 7.13. The minimum atomic E-state index is -0.411. The van der Waals surface area contributed by atoms with Crippen LogP contribution < -0.4 is 20.7 Å². The minimum absolute atomic E-state index is 0.140. The van der Waals surface area contributed by atoms with Gasteiger partial charge in [0, 0.05) is 33.2 Å². The molecule has 0 aliphatic carbocycles. The molecule has 0 aliphatic rings. The third-order valence-electron chi connectivity index (χ3n) is 5.83. The summed E-state index contributed by atoms with van der Waals surface area (Å²) in [5, 5.41) is 9.51. The van der Waals surface area contributed by atoms with Gasteiger partial charge in [-0.05, 0) is 50.2 Å². The van der Waals surface area contributed by atoms with E-state index in [4.69, 9.17) is 0 Å². The first kappa shape index (κ1) is 22.6. The lowest BCUT2D eigenvalue weighted by atomic mass is 10.0. The zero-order valence-corrected chi connectivity index (χ0v) is 18.7. The molecule has 31 heavy (non-hydrogen) atoms. The number of rotatable bonds is 10. The monoisotopic (exact) mass is 421 g/mol. The Morgan fingerprint density at radius 1 is 0.774 bits per heavy atom. The fraction of sp³-hybridized carbons (Fsp3) is 0.360.